The fourth-order valence-corrected chi connectivity index (χ4v) is 1.18. The first-order valence-corrected chi connectivity index (χ1v) is 4.00. The van der Waals surface area contributed by atoms with Crippen LogP contribution in [0.5, 0.6) is 0 Å². The Morgan fingerprint density at radius 1 is 1.45 bits per heavy atom. The van der Waals surface area contributed by atoms with E-state index >= 15 is 0 Å². The standard InChI is InChI=1S/C9H12O2/c1-2-3-4-7-5-8(10)6-9(7)11/h5H,2-4,6H2,1H3. The summed E-state index contributed by atoms with van der Waals surface area (Å²) in [6.07, 6.45) is 4.46. The Bertz CT molecular complexity index is 214. The van der Waals surface area contributed by atoms with E-state index in [1.54, 1.807) is 0 Å². The smallest absolute Gasteiger partial charge is 0.166 e. The number of carbonyl (C=O) groups is 2. The second-order valence-electron chi connectivity index (χ2n) is 2.84. The van der Waals surface area contributed by atoms with Crippen LogP contribution in [0.2, 0.25) is 0 Å². The lowest BCUT2D eigenvalue weighted by molar-refractivity contribution is -0.120. The summed E-state index contributed by atoms with van der Waals surface area (Å²) in [4.78, 5) is 21.7. The highest BCUT2D eigenvalue weighted by Crippen LogP contribution is 2.16. The van der Waals surface area contributed by atoms with Crippen LogP contribution in [0.15, 0.2) is 11.6 Å². The van der Waals surface area contributed by atoms with Gasteiger partial charge in [0.15, 0.2) is 11.6 Å². The van der Waals surface area contributed by atoms with Gasteiger partial charge in [0.05, 0.1) is 6.42 Å². The Labute approximate surface area is 66.3 Å². The fraction of sp³-hybridized carbons (Fsp3) is 0.556. The number of rotatable bonds is 3. The van der Waals surface area contributed by atoms with E-state index in [1.807, 2.05) is 0 Å². The van der Waals surface area contributed by atoms with Gasteiger partial charge in [-0.3, -0.25) is 9.59 Å². The van der Waals surface area contributed by atoms with Crippen molar-refractivity contribution >= 4 is 11.6 Å². The van der Waals surface area contributed by atoms with Gasteiger partial charge in [-0.2, -0.15) is 0 Å². The van der Waals surface area contributed by atoms with Gasteiger partial charge in [0.2, 0.25) is 0 Å². The van der Waals surface area contributed by atoms with E-state index in [0.717, 1.165) is 24.8 Å². The molecule has 0 saturated heterocycles. The molecule has 2 heteroatoms. The predicted octanol–water partition coefficient (Wildman–Crippen LogP) is 1.64. The van der Waals surface area contributed by atoms with Crippen molar-refractivity contribution in [2.24, 2.45) is 0 Å². The molecule has 0 aromatic carbocycles. The van der Waals surface area contributed by atoms with E-state index in [1.165, 1.54) is 6.08 Å². The largest absolute Gasteiger partial charge is 0.294 e. The summed E-state index contributed by atoms with van der Waals surface area (Å²) >= 11 is 0. The van der Waals surface area contributed by atoms with Crippen LogP contribution in [-0.4, -0.2) is 11.6 Å². The summed E-state index contributed by atoms with van der Waals surface area (Å²) in [5.41, 5.74) is 0.733. The number of carbonyl (C=O) groups excluding carboxylic acids is 2. The maximum atomic E-state index is 11.0. The summed E-state index contributed by atoms with van der Waals surface area (Å²) in [6, 6.07) is 0. The number of allylic oxidation sites excluding steroid dienone is 2. The van der Waals surface area contributed by atoms with Crippen molar-refractivity contribution in [2.75, 3.05) is 0 Å². The summed E-state index contributed by atoms with van der Waals surface area (Å²) in [5, 5.41) is 0. The summed E-state index contributed by atoms with van der Waals surface area (Å²) in [5.74, 6) is 0.00422. The molecule has 0 heterocycles. The number of unbranched alkanes of at least 4 members (excludes halogenated alkanes) is 1. The van der Waals surface area contributed by atoms with Gasteiger partial charge in [0.25, 0.3) is 0 Å². The lowest BCUT2D eigenvalue weighted by Crippen LogP contribution is -1.97. The molecule has 0 unspecified atom stereocenters. The van der Waals surface area contributed by atoms with Gasteiger partial charge < -0.3 is 0 Å². The van der Waals surface area contributed by atoms with Gasteiger partial charge in [-0.15, -0.1) is 0 Å². The molecule has 0 N–H and O–H groups in total. The first-order chi connectivity index (χ1) is 5.24. The fourth-order valence-electron chi connectivity index (χ4n) is 1.18. The zero-order chi connectivity index (χ0) is 8.27. The second-order valence-corrected chi connectivity index (χ2v) is 2.84. The van der Waals surface area contributed by atoms with E-state index in [9.17, 15) is 9.59 Å². The lowest BCUT2D eigenvalue weighted by atomic mass is 10.1. The summed E-state index contributed by atoms with van der Waals surface area (Å²) in [7, 11) is 0. The van der Waals surface area contributed by atoms with Crippen LogP contribution in [0.4, 0.5) is 0 Å². The first-order valence-electron chi connectivity index (χ1n) is 4.00. The van der Waals surface area contributed by atoms with Gasteiger partial charge in [-0.1, -0.05) is 13.3 Å². The quantitative estimate of drug-likeness (QED) is 0.576. The molecular weight excluding hydrogens is 140 g/mol. The van der Waals surface area contributed by atoms with Crippen LogP contribution >= 0.6 is 0 Å². The molecule has 0 aliphatic heterocycles. The third-order valence-electron chi connectivity index (χ3n) is 1.83. The number of ketones is 2. The van der Waals surface area contributed by atoms with Crippen molar-refractivity contribution in [1.82, 2.24) is 0 Å². The Morgan fingerprint density at radius 3 is 2.64 bits per heavy atom. The Balaban J connectivity index is 2.50. The van der Waals surface area contributed by atoms with Crippen molar-refractivity contribution < 1.29 is 9.59 Å². The molecule has 0 radical (unpaired) electrons. The molecular formula is C9H12O2. The average Bonchev–Trinajstić information content (AvgIpc) is 2.26. The number of hydrogen-bond donors (Lipinski definition) is 0. The molecule has 60 valence electrons. The van der Waals surface area contributed by atoms with Gasteiger partial charge >= 0.3 is 0 Å². The minimum Gasteiger partial charge on any atom is -0.294 e. The molecule has 0 atom stereocenters. The summed E-state index contributed by atoms with van der Waals surface area (Å²) < 4.78 is 0. The maximum absolute atomic E-state index is 11.0. The van der Waals surface area contributed by atoms with Crippen LogP contribution in [0.3, 0.4) is 0 Å². The number of hydrogen-bond acceptors (Lipinski definition) is 2. The molecule has 0 fully saturated rings. The van der Waals surface area contributed by atoms with E-state index in [2.05, 4.69) is 6.92 Å². The van der Waals surface area contributed by atoms with Crippen molar-refractivity contribution in [1.29, 1.82) is 0 Å². The monoisotopic (exact) mass is 152 g/mol. The summed E-state index contributed by atoms with van der Waals surface area (Å²) in [6.45, 7) is 2.07. The van der Waals surface area contributed by atoms with Crippen LogP contribution in [0, 0.1) is 0 Å². The predicted molar refractivity (Wildman–Crippen MR) is 42.2 cm³/mol. The lowest BCUT2D eigenvalue weighted by Gasteiger charge is -1.95. The molecule has 1 rings (SSSR count). The Kier molecular flexibility index (Phi) is 2.58. The van der Waals surface area contributed by atoms with Crippen LogP contribution in [0.1, 0.15) is 32.6 Å². The van der Waals surface area contributed by atoms with Gasteiger partial charge in [0, 0.05) is 0 Å². The molecule has 1 aliphatic carbocycles. The van der Waals surface area contributed by atoms with Gasteiger partial charge in [-0.05, 0) is 24.5 Å². The highest BCUT2D eigenvalue weighted by molar-refractivity contribution is 6.19. The van der Waals surface area contributed by atoms with Crippen molar-refractivity contribution in [3.8, 4) is 0 Å². The van der Waals surface area contributed by atoms with E-state index < -0.39 is 0 Å². The molecule has 11 heavy (non-hydrogen) atoms. The van der Waals surface area contributed by atoms with E-state index in [4.69, 9.17) is 0 Å². The molecule has 0 aromatic rings. The normalized spacial score (nSPS) is 17.4. The van der Waals surface area contributed by atoms with Crippen LogP contribution < -0.4 is 0 Å². The molecule has 0 spiro atoms. The zero-order valence-electron chi connectivity index (χ0n) is 6.72. The van der Waals surface area contributed by atoms with Gasteiger partial charge in [0.1, 0.15) is 0 Å². The molecule has 2 nitrogen and oxygen atoms in total. The number of Topliss-reactive ketones (excluding diaryl/α,β-unsaturated/α-hetero) is 1. The van der Waals surface area contributed by atoms with Gasteiger partial charge in [-0.25, -0.2) is 0 Å². The minimum absolute atomic E-state index is 0.0268. The average molecular weight is 152 g/mol. The highest BCUT2D eigenvalue weighted by atomic mass is 16.2. The van der Waals surface area contributed by atoms with Crippen molar-refractivity contribution in [3.05, 3.63) is 11.6 Å². The third-order valence-corrected chi connectivity index (χ3v) is 1.83. The Hall–Kier alpha value is -0.920. The van der Waals surface area contributed by atoms with E-state index in [0.29, 0.717) is 0 Å². The van der Waals surface area contributed by atoms with Crippen molar-refractivity contribution in [2.45, 2.75) is 32.6 Å². The second kappa shape index (κ2) is 3.46. The first kappa shape index (κ1) is 8.18. The third kappa shape index (κ3) is 2.00. The minimum atomic E-state index is -0.0268. The molecule has 0 saturated carbocycles. The van der Waals surface area contributed by atoms with Crippen molar-refractivity contribution in [3.63, 3.8) is 0 Å². The molecule has 0 amide bonds. The van der Waals surface area contributed by atoms with E-state index in [-0.39, 0.29) is 18.0 Å². The zero-order valence-corrected chi connectivity index (χ0v) is 6.72. The molecule has 0 aromatic heterocycles. The van der Waals surface area contributed by atoms with Crippen LogP contribution in [0.25, 0.3) is 0 Å². The molecule has 1 aliphatic rings. The van der Waals surface area contributed by atoms with Crippen LogP contribution in [-0.2, 0) is 9.59 Å². The highest BCUT2D eigenvalue weighted by Gasteiger charge is 2.20. The topological polar surface area (TPSA) is 34.1 Å². The Morgan fingerprint density at radius 2 is 2.18 bits per heavy atom. The maximum Gasteiger partial charge on any atom is 0.166 e. The SMILES string of the molecule is CCCCC1=CC(=O)CC1=O. The molecule has 0 bridgehead atoms.